The Kier molecular flexibility index (Phi) is 14.4. The molecule has 0 amide bonds. The minimum absolute atomic E-state index is 0. The Hall–Kier alpha value is -8.42. The van der Waals surface area contributed by atoms with Crippen molar-refractivity contribution in [3.05, 3.63) is 236 Å². The number of para-hydroxylation sites is 2. The van der Waals surface area contributed by atoms with Crippen LogP contribution in [0.3, 0.4) is 0 Å². The quantitative estimate of drug-likeness (QED) is 0.139. The van der Waals surface area contributed by atoms with E-state index in [1.807, 2.05) is 128 Å². The van der Waals surface area contributed by atoms with Gasteiger partial charge < -0.3 is 18.8 Å². The molecule has 12 heteroatoms. The zero-order valence-corrected chi connectivity index (χ0v) is 42.8. The first kappa shape index (κ1) is 50.1. The van der Waals surface area contributed by atoms with Crippen molar-refractivity contribution < 1.29 is 18.8 Å². The van der Waals surface area contributed by atoms with Crippen molar-refractivity contribution in [1.29, 1.82) is 0 Å². The van der Waals surface area contributed by atoms with Crippen molar-refractivity contribution in [3.63, 3.8) is 0 Å². The fourth-order valence-corrected chi connectivity index (χ4v) is 9.43. The summed E-state index contributed by atoms with van der Waals surface area (Å²) in [4.78, 5) is 17.5. The maximum Gasteiger partial charge on any atom is 0.494 e. The summed E-state index contributed by atoms with van der Waals surface area (Å²) in [5.41, 5.74) is 7.01. The van der Waals surface area contributed by atoms with Crippen LogP contribution in [-0.4, -0.2) is 47.4 Å². The van der Waals surface area contributed by atoms with E-state index in [1.165, 1.54) is 21.5 Å². The van der Waals surface area contributed by atoms with Gasteiger partial charge >= 0.3 is 7.12 Å². The van der Waals surface area contributed by atoms with Gasteiger partial charge in [0.15, 0.2) is 0 Å². The molecule has 13 rings (SSSR count). The summed E-state index contributed by atoms with van der Waals surface area (Å²) in [6.07, 6.45) is 7.09. The van der Waals surface area contributed by atoms with Crippen molar-refractivity contribution in [2.45, 2.75) is 46.3 Å². The molecule has 0 bridgehead atoms. The average Bonchev–Trinajstić information content (AvgIpc) is 4.02. The molecule has 6 aromatic carbocycles. The molecule has 75 heavy (non-hydrogen) atoms. The molecule has 1 saturated heterocycles. The molecule has 0 radical (unpaired) electrons. The summed E-state index contributed by atoms with van der Waals surface area (Å²) in [5, 5.41) is 4.83. The number of hydrogen-bond acceptors (Lipinski definition) is 8. The SMILES string of the molecule is Brc1cccc(Oc2ccccn2)c1.C.CC1(C)OB(c2ccc3c4ccccc4n(-c4ccccn4)c3c2)OC1(C)C.c1ccc(Oc2cccc(-c3ccc4c5ccccc5n(-c5ccccn5)c4c3)c2)nc1. The molecule has 0 atom stereocenters. The van der Waals surface area contributed by atoms with Crippen molar-refractivity contribution in [2.24, 2.45) is 0 Å². The van der Waals surface area contributed by atoms with E-state index in [0.29, 0.717) is 11.8 Å². The number of benzene rings is 6. The molecule has 7 heterocycles. The van der Waals surface area contributed by atoms with E-state index in [9.17, 15) is 0 Å². The molecule has 0 N–H and O–H groups in total. The van der Waals surface area contributed by atoms with Gasteiger partial charge in [0.25, 0.3) is 0 Å². The van der Waals surface area contributed by atoms with Crippen LogP contribution in [0.25, 0.3) is 66.4 Å². The lowest BCUT2D eigenvalue weighted by Gasteiger charge is -2.32. The van der Waals surface area contributed by atoms with Crippen LogP contribution in [0.2, 0.25) is 0 Å². The first-order valence-corrected chi connectivity index (χ1v) is 25.2. The standard InChI is InChI=1S/C28H19N3O.C23H23BN2O2.C11H8BrNO.CH4/c1-2-11-25-23(10-1)24-15-14-21(19-26(24)31(25)27-12-3-5-16-29-27)20-8-7-9-22(18-20)32-28-13-4-6-17-30-28;1-22(2)23(3,4)28-24(27-22)16-12-13-18-17-9-5-6-10-19(17)26(20(18)15-16)21-11-7-8-14-25-21;12-9-4-3-5-10(8-9)14-11-6-1-2-7-13-11;/h1-19H;5-15H,1-4H3;1-8H;1H4. The molecule has 1 aliphatic heterocycles. The predicted molar refractivity (Wildman–Crippen MR) is 308 cm³/mol. The van der Waals surface area contributed by atoms with Crippen LogP contribution >= 0.6 is 15.9 Å². The van der Waals surface area contributed by atoms with Crippen molar-refractivity contribution in [2.75, 3.05) is 0 Å². The van der Waals surface area contributed by atoms with Crippen LogP contribution in [0.1, 0.15) is 35.1 Å². The highest BCUT2D eigenvalue weighted by atomic mass is 79.9. The Morgan fingerprint density at radius 1 is 0.413 bits per heavy atom. The highest BCUT2D eigenvalue weighted by Crippen LogP contribution is 2.39. The number of pyridine rings is 4. The summed E-state index contributed by atoms with van der Waals surface area (Å²) in [7, 11) is -0.385. The maximum atomic E-state index is 6.27. The molecular weight excluding hydrogens is 995 g/mol. The molecule has 12 aromatic rings. The lowest BCUT2D eigenvalue weighted by atomic mass is 9.79. The highest BCUT2D eigenvalue weighted by Gasteiger charge is 2.51. The molecule has 10 nitrogen and oxygen atoms in total. The smallest absolute Gasteiger partial charge is 0.439 e. The Morgan fingerprint density at radius 2 is 0.867 bits per heavy atom. The van der Waals surface area contributed by atoms with Crippen molar-refractivity contribution >= 4 is 72.1 Å². The van der Waals surface area contributed by atoms with Gasteiger partial charge in [0, 0.05) is 62.9 Å². The lowest BCUT2D eigenvalue weighted by Crippen LogP contribution is -2.41. The van der Waals surface area contributed by atoms with Crippen LogP contribution in [0.4, 0.5) is 0 Å². The van der Waals surface area contributed by atoms with Gasteiger partial charge in [-0.05, 0) is 135 Å². The normalized spacial score (nSPS) is 13.4. The Labute approximate surface area is 445 Å². The van der Waals surface area contributed by atoms with Gasteiger partial charge in [0.2, 0.25) is 11.8 Å². The van der Waals surface area contributed by atoms with E-state index < -0.39 is 0 Å². The molecule has 0 unspecified atom stereocenters. The number of rotatable bonds is 8. The van der Waals surface area contributed by atoms with Gasteiger partial charge in [-0.15, -0.1) is 0 Å². The summed E-state index contributed by atoms with van der Waals surface area (Å²) in [5.74, 6) is 4.52. The van der Waals surface area contributed by atoms with E-state index in [0.717, 1.165) is 66.3 Å². The summed E-state index contributed by atoms with van der Waals surface area (Å²) >= 11 is 3.38. The molecule has 0 spiro atoms. The zero-order valence-electron chi connectivity index (χ0n) is 41.2. The second-order valence-electron chi connectivity index (χ2n) is 18.7. The Morgan fingerprint density at radius 3 is 1.39 bits per heavy atom. The molecule has 370 valence electrons. The van der Waals surface area contributed by atoms with E-state index in [1.54, 1.807) is 12.4 Å². The fourth-order valence-electron chi connectivity index (χ4n) is 9.06. The van der Waals surface area contributed by atoms with Gasteiger partial charge in [-0.2, -0.15) is 0 Å². The van der Waals surface area contributed by atoms with Crippen LogP contribution in [0, 0.1) is 0 Å². The third-order valence-electron chi connectivity index (χ3n) is 13.3. The van der Waals surface area contributed by atoms with Crippen molar-refractivity contribution in [3.8, 4) is 46.0 Å². The second-order valence-corrected chi connectivity index (χ2v) is 19.6. The first-order valence-electron chi connectivity index (χ1n) is 24.4. The molecular formula is C63H54BBrN6O4. The van der Waals surface area contributed by atoms with Gasteiger partial charge in [0.1, 0.15) is 23.1 Å². The molecule has 1 fully saturated rings. The third-order valence-corrected chi connectivity index (χ3v) is 13.8. The van der Waals surface area contributed by atoms with Crippen LogP contribution in [0.5, 0.6) is 23.3 Å². The molecule has 0 saturated carbocycles. The zero-order chi connectivity index (χ0) is 50.7. The highest BCUT2D eigenvalue weighted by molar-refractivity contribution is 9.10. The Bertz CT molecular complexity index is 3880. The summed E-state index contributed by atoms with van der Waals surface area (Å²) < 4.78 is 29.4. The predicted octanol–water partition coefficient (Wildman–Crippen LogP) is 15.8. The average molecular weight is 1050 g/mol. The van der Waals surface area contributed by atoms with Crippen LogP contribution in [0.15, 0.2) is 236 Å². The van der Waals surface area contributed by atoms with Crippen molar-refractivity contribution in [1.82, 2.24) is 29.1 Å². The fraction of sp³-hybridized carbons (Fsp3) is 0.111. The van der Waals surface area contributed by atoms with Crippen LogP contribution in [-0.2, 0) is 9.31 Å². The van der Waals surface area contributed by atoms with E-state index in [4.69, 9.17) is 18.8 Å². The van der Waals surface area contributed by atoms with Gasteiger partial charge in [-0.1, -0.05) is 126 Å². The number of ether oxygens (including phenoxy) is 2. The largest absolute Gasteiger partial charge is 0.494 e. The monoisotopic (exact) mass is 1050 g/mol. The van der Waals surface area contributed by atoms with E-state index >= 15 is 0 Å². The number of halogens is 1. The summed E-state index contributed by atoms with van der Waals surface area (Å²) in [6, 6.07) is 68.9. The second kappa shape index (κ2) is 21.6. The Balaban J connectivity index is 0.000000136. The molecule has 6 aromatic heterocycles. The molecule has 1 aliphatic rings. The number of nitrogens with zero attached hydrogens (tertiary/aromatic N) is 6. The van der Waals surface area contributed by atoms with Gasteiger partial charge in [0.05, 0.1) is 33.3 Å². The maximum absolute atomic E-state index is 6.27. The topological polar surface area (TPSA) is 98.3 Å². The van der Waals surface area contributed by atoms with Gasteiger partial charge in [-0.3, -0.25) is 9.13 Å². The first-order chi connectivity index (χ1) is 36.1. The lowest BCUT2D eigenvalue weighted by molar-refractivity contribution is 0.00578. The third kappa shape index (κ3) is 10.5. The summed E-state index contributed by atoms with van der Waals surface area (Å²) in [6.45, 7) is 8.32. The van der Waals surface area contributed by atoms with Crippen LogP contribution < -0.4 is 14.9 Å². The number of hydrogen-bond donors (Lipinski definition) is 0. The number of fused-ring (bicyclic) bond motifs is 6. The minimum atomic E-state index is -0.385. The number of aromatic nitrogens is 6. The molecule has 0 aliphatic carbocycles. The van der Waals surface area contributed by atoms with E-state index in [-0.39, 0.29) is 25.7 Å². The van der Waals surface area contributed by atoms with E-state index in [2.05, 4.69) is 164 Å². The minimum Gasteiger partial charge on any atom is -0.439 e. The van der Waals surface area contributed by atoms with Gasteiger partial charge in [-0.25, -0.2) is 19.9 Å².